The van der Waals surface area contributed by atoms with Gasteiger partial charge in [0.15, 0.2) is 0 Å². The fraction of sp³-hybridized carbons (Fsp3) is 0.176. The lowest BCUT2D eigenvalue weighted by molar-refractivity contribution is 0.818. The van der Waals surface area contributed by atoms with E-state index in [-0.39, 0.29) is 0 Å². The SMILES string of the molecule is C1=CC2CCN=C2c2c1ncc1[nH]c3ccccc3c21. The number of H-pyrrole nitrogens is 1. The Morgan fingerprint density at radius 1 is 1.15 bits per heavy atom. The van der Waals surface area contributed by atoms with E-state index < -0.39 is 0 Å². The molecule has 3 aromatic rings. The number of pyridine rings is 1. The second kappa shape index (κ2) is 3.57. The van der Waals surface area contributed by atoms with Crippen LogP contribution in [0.4, 0.5) is 0 Å². The van der Waals surface area contributed by atoms with Gasteiger partial charge in [-0.05, 0) is 18.6 Å². The summed E-state index contributed by atoms with van der Waals surface area (Å²) in [5.41, 5.74) is 5.80. The van der Waals surface area contributed by atoms with Gasteiger partial charge in [-0.1, -0.05) is 24.3 Å². The average Bonchev–Trinajstić information content (AvgIpc) is 3.10. The number of hydrogen-bond donors (Lipinski definition) is 1. The largest absolute Gasteiger partial charge is 0.353 e. The Hall–Kier alpha value is -2.42. The molecule has 2 aliphatic rings. The smallest absolute Gasteiger partial charge is 0.0725 e. The van der Waals surface area contributed by atoms with Gasteiger partial charge >= 0.3 is 0 Å². The van der Waals surface area contributed by atoms with Crippen molar-refractivity contribution >= 4 is 33.6 Å². The number of hydrogen-bond acceptors (Lipinski definition) is 2. The van der Waals surface area contributed by atoms with Crippen molar-refractivity contribution in [2.75, 3.05) is 6.54 Å². The molecule has 0 bridgehead atoms. The molecular weight excluding hydrogens is 246 g/mol. The molecule has 1 N–H and O–H groups in total. The number of aromatic amines is 1. The first-order valence-corrected chi connectivity index (χ1v) is 7.04. The van der Waals surface area contributed by atoms with Crippen LogP contribution in [-0.2, 0) is 0 Å². The van der Waals surface area contributed by atoms with Crippen molar-refractivity contribution in [3.05, 3.63) is 47.8 Å². The maximum Gasteiger partial charge on any atom is 0.0725 e. The fourth-order valence-electron chi connectivity index (χ4n) is 3.48. The van der Waals surface area contributed by atoms with E-state index in [1.165, 1.54) is 27.6 Å². The average molecular weight is 259 g/mol. The van der Waals surface area contributed by atoms with Crippen molar-refractivity contribution in [1.29, 1.82) is 0 Å². The van der Waals surface area contributed by atoms with Crippen LogP contribution in [0.3, 0.4) is 0 Å². The Kier molecular flexibility index (Phi) is 1.85. The molecule has 3 heterocycles. The minimum Gasteiger partial charge on any atom is -0.353 e. The molecule has 3 nitrogen and oxygen atoms in total. The number of para-hydroxylation sites is 1. The van der Waals surface area contributed by atoms with Crippen molar-refractivity contribution in [1.82, 2.24) is 9.97 Å². The van der Waals surface area contributed by atoms with Gasteiger partial charge in [-0.3, -0.25) is 9.98 Å². The van der Waals surface area contributed by atoms with E-state index >= 15 is 0 Å². The first-order chi connectivity index (χ1) is 9.92. The molecule has 20 heavy (non-hydrogen) atoms. The van der Waals surface area contributed by atoms with Gasteiger partial charge in [0.2, 0.25) is 0 Å². The Balaban J connectivity index is 2.00. The summed E-state index contributed by atoms with van der Waals surface area (Å²) in [6.07, 6.45) is 7.48. The molecule has 1 aliphatic heterocycles. The molecule has 0 spiro atoms. The zero-order chi connectivity index (χ0) is 13.1. The summed E-state index contributed by atoms with van der Waals surface area (Å²) in [5, 5.41) is 2.55. The molecule has 0 saturated heterocycles. The molecule has 0 saturated carbocycles. The standard InChI is InChI=1S/C17H13N3/c1-2-4-12-11(3-1)15-14(20-12)9-19-13-6-5-10-7-8-18-17(10)16(13)15/h1-6,9-10,20H,7-8H2. The number of rotatable bonds is 0. The quantitative estimate of drug-likeness (QED) is 0.659. The maximum absolute atomic E-state index is 4.75. The minimum absolute atomic E-state index is 0.476. The van der Waals surface area contributed by atoms with E-state index in [1.807, 2.05) is 6.20 Å². The molecule has 5 rings (SSSR count). The highest BCUT2D eigenvalue weighted by molar-refractivity contribution is 6.22. The monoisotopic (exact) mass is 259 g/mol. The third kappa shape index (κ3) is 1.20. The Morgan fingerprint density at radius 3 is 3.10 bits per heavy atom. The van der Waals surface area contributed by atoms with Crippen molar-refractivity contribution in [3.8, 4) is 0 Å². The summed E-state index contributed by atoms with van der Waals surface area (Å²) in [7, 11) is 0. The van der Waals surface area contributed by atoms with Crippen LogP contribution in [0.2, 0.25) is 0 Å². The number of allylic oxidation sites excluding steroid dienone is 1. The number of nitrogens with one attached hydrogen (secondary N) is 1. The third-order valence-corrected chi connectivity index (χ3v) is 4.39. The van der Waals surface area contributed by atoms with Gasteiger partial charge in [-0.2, -0.15) is 0 Å². The molecular formula is C17H13N3. The van der Waals surface area contributed by atoms with Crippen LogP contribution in [0.1, 0.15) is 17.7 Å². The normalized spacial score (nSPS) is 20.2. The molecule has 2 aromatic heterocycles. The Labute approximate surface area is 116 Å². The molecule has 96 valence electrons. The molecule has 1 aromatic carbocycles. The van der Waals surface area contributed by atoms with Gasteiger partial charge in [0.1, 0.15) is 0 Å². The first-order valence-electron chi connectivity index (χ1n) is 7.04. The molecule has 0 radical (unpaired) electrons. The van der Waals surface area contributed by atoms with E-state index in [0.29, 0.717) is 5.92 Å². The summed E-state index contributed by atoms with van der Waals surface area (Å²) in [6.45, 7) is 0.933. The van der Waals surface area contributed by atoms with Crippen molar-refractivity contribution in [2.45, 2.75) is 6.42 Å². The topological polar surface area (TPSA) is 41.0 Å². The summed E-state index contributed by atoms with van der Waals surface area (Å²) in [4.78, 5) is 12.8. The predicted molar refractivity (Wildman–Crippen MR) is 82.1 cm³/mol. The minimum atomic E-state index is 0.476. The third-order valence-electron chi connectivity index (χ3n) is 4.39. The van der Waals surface area contributed by atoms with Gasteiger partial charge in [-0.15, -0.1) is 0 Å². The molecule has 0 fully saturated rings. The second-order valence-corrected chi connectivity index (χ2v) is 5.50. The summed E-state index contributed by atoms with van der Waals surface area (Å²) in [6, 6.07) is 8.45. The lowest BCUT2D eigenvalue weighted by atomic mass is 9.87. The van der Waals surface area contributed by atoms with Crippen LogP contribution in [0.5, 0.6) is 0 Å². The summed E-state index contributed by atoms with van der Waals surface area (Å²) < 4.78 is 0. The van der Waals surface area contributed by atoms with Gasteiger partial charge in [0.05, 0.1) is 23.1 Å². The predicted octanol–water partition coefficient (Wildman–Crippen LogP) is 3.55. The van der Waals surface area contributed by atoms with E-state index in [0.717, 1.165) is 24.2 Å². The lowest BCUT2D eigenvalue weighted by Crippen LogP contribution is -2.15. The molecule has 1 atom stereocenters. The van der Waals surface area contributed by atoms with E-state index in [1.54, 1.807) is 0 Å². The Morgan fingerprint density at radius 2 is 2.10 bits per heavy atom. The highest BCUT2D eigenvalue weighted by atomic mass is 14.8. The first kappa shape index (κ1) is 10.4. The van der Waals surface area contributed by atoms with E-state index in [2.05, 4.69) is 46.4 Å². The highest BCUT2D eigenvalue weighted by Gasteiger charge is 2.28. The number of benzene rings is 1. The van der Waals surface area contributed by atoms with Crippen LogP contribution in [0.15, 0.2) is 41.5 Å². The highest BCUT2D eigenvalue weighted by Crippen LogP contribution is 2.36. The summed E-state index contributed by atoms with van der Waals surface area (Å²) >= 11 is 0. The van der Waals surface area contributed by atoms with Gasteiger partial charge in [0.25, 0.3) is 0 Å². The van der Waals surface area contributed by atoms with Crippen LogP contribution in [0.25, 0.3) is 27.9 Å². The molecule has 1 aliphatic carbocycles. The van der Waals surface area contributed by atoms with Crippen LogP contribution in [0, 0.1) is 5.92 Å². The van der Waals surface area contributed by atoms with Crippen LogP contribution >= 0.6 is 0 Å². The zero-order valence-electron chi connectivity index (χ0n) is 10.9. The Bertz CT molecular complexity index is 915. The molecule has 0 amide bonds. The zero-order valence-corrected chi connectivity index (χ0v) is 10.9. The van der Waals surface area contributed by atoms with Gasteiger partial charge in [-0.25, -0.2) is 0 Å². The number of aliphatic imine (C=N–C) groups is 1. The lowest BCUT2D eigenvalue weighted by Gasteiger charge is -2.17. The second-order valence-electron chi connectivity index (χ2n) is 5.50. The number of fused-ring (bicyclic) bond motifs is 7. The van der Waals surface area contributed by atoms with E-state index in [9.17, 15) is 0 Å². The van der Waals surface area contributed by atoms with E-state index in [4.69, 9.17) is 4.99 Å². The van der Waals surface area contributed by atoms with Crippen molar-refractivity contribution < 1.29 is 0 Å². The van der Waals surface area contributed by atoms with Gasteiger partial charge < -0.3 is 4.98 Å². The number of aromatic nitrogens is 2. The van der Waals surface area contributed by atoms with Gasteiger partial charge in [0, 0.05) is 34.3 Å². The van der Waals surface area contributed by atoms with Crippen LogP contribution < -0.4 is 0 Å². The summed E-state index contributed by atoms with van der Waals surface area (Å²) in [5.74, 6) is 0.476. The van der Waals surface area contributed by atoms with Crippen molar-refractivity contribution in [3.63, 3.8) is 0 Å². The molecule has 3 heteroatoms. The maximum atomic E-state index is 4.75. The number of nitrogens with zero attached hydrogens (tertiary/aromatic N) is 2. The fourth-order valence-corrected chi connectivity index (χ4v) is 3.48. The van der Waals surface area contributed by atoms with Crippen molar-refractivity contribution in [2.24, 2.45) is 10.9 Å². The van der Waals surface area contributed by atoms with Crippen LogP contribution in [-0.4, -0.2) is 22.2 Å². The molecule has 1 unspecified atom stereocenters.